The van der Waals surface area contributed by atoms with E-state index < -0.39 is 0 Å². The summed E-state index contributed by atoms with van der Waals surface area (Å²) < 4.78 is 5.72. The van der Waals surface area contributed by atoms with Gasteiger partial charge >= 0.3 is 0 Å². The first-order valence-corrected chi connectivity index (χ1v) is 7.46. The van der Waals surface area contributed by atoms with Crippen LogP contribution in [0.4, 0.5) is 0 Å². The molecule has 3 rings (SSSR count). The van der Waals surface area contributed by atoms with E-state index in [1.54, 1.807) is 6.26 Å². The molecule has 1 heterocycles. The van der Waals surface area contributed by atoms with E-state index in [1.807, 2.05) is 6.92 Å². The van der Waals surface area contributed by atoms with Crippen molar-refractivity contribution in [2.75, 3.05) is 0 Å². The highest BCUT2D eigenvalue weighted by atomic mass is 16.3. The molecule has 2 aromatic carbocycles. The van der Waals surface area contributed by atoms with Gasteiger partial charge in [0.25, 0.3) is 0 Å². The summed E-state index contributed by atoms with van der Waals surface area (Å²) in [6.07, 6.45) is 2.61. The molecule has 1 aromatic heterocycles. The highest BCUT2D eigenvalue weighted by Crippen LogP contribution is 2.33. The van der Waals surface area contributed by atoms with Crippen LogP contribution in [0.5, 0.6) is 0 Å². The Bertz CT molecular complexity index is 728. The predicted octanol–water partition coefficient (Wildman–Crippen LogP) is 4.47. The van der Waals surface area contributed by atoms with Crippen LogP contribution >= 0.6 is 0 Å². The normalized spacial score (nSPS) is 14.2. The van der Waals surface area contributed by atoms with Crippen LogP contribution in [0.3, 0.4) is 0 Å². The second kappa shape index (κ2) is 5.74. The summed E-state index contributed by atoms with van der Waals surface area (Å²) in [7, 11) is 0. The van der Waals surface area contributed by atoms with Crippen molar-refractivity contribution in [1.82, 2.24) is 0 Å². The quantitative estimate of drug-likeness (QED) is 0.765. The molecule has 2 nitrogen and oxygen atoms in total. The molecular formula is C19H21NO. The van der Waals surface area contributed by atoms with E-state index in [2.05, 4.69) is 55.5 Å². The van der Waals surface area contributed by atoms with Crippen molar-refractivity contribution in [3.8, 4) is 0 Å². The van der Waals surface area contributed by atoms with Crippen LogP contribution in [-0.4, -0.2) is 6.04 Å². The van der Waals surface area contributed by atoms with Gasteiger partial charge in [-0.15, -0.1) is 0 Å². The third kappa shape index (κ3) is 2.72. The van der Waals surface area contributed by atoms with E-state index >= 15 is 0 Å². The number of furan rings is 1. The molecule has 108 valence electrons. The van der Waals surface area contributed by atoms with E-state index in [-0.39, 0.29) is 6.04 Å². The smallest absolute Gasteiger partial charge is 0.137 e. The molecule has 0 saturated carbocycles. The van der Waals surface area contributed by atoms with Gasteiger partial charge in [-0.05, 0) is 36.1 Å². The van der Waals surface area contributed by atoms with Crippen LogP contribution in [0.1, 0.15) is 36.5 Å². The maximum atomic E-state index is 5.93. The van der Waals surface area contributed by atoms with Crippen LogP contribution in [0.2, 0.25) is 0 Å². The predicted molar refractivity (Wildman–Crippen MR) is 87.5 cm³/mol. The molecule has 2 N–H and O–H groups in total. The van der Waals surface area contributed by atoms with Crippen molar-refractivity contribution in [2.45, 2.75) is 32.2 Å². The average molecular weight is 279 g/mol. The molecule has 0 aliphatic carbocycles. The Labute approximate surface area is 125 Å². The minimum Gasteiger partial charge on any atom is -0.464 e. The molecule has 0 fully saturated rings. The number of rotatable bonds is 4. The molecule has 2 atom stereocenters. The van der Waals surface area contributed by atoms with Gasteiger partial charge in [-0.1, -0.05) is 49.4 Å². The Morgan fingerprint density at radius 1 is 1.00 bits per heavy atom. The molecule has 0 aliphatic heterocycles. The van der Waals surface area contributed by atoms with Gasteiger partial charge in [0.1, 0.15) is 5.58 Å². The second-order valence-electron chi connectivity index (χ2n) is 5.79. The largest absolute Gasteiger partial charge is 0.464 e. The fourth-order valence-corrected chi connectivity index (χ4v) is 2.95. The third-order valence-electron chi connectivity index (χ3n) is 4.04. The lowest BCUT2D eigenvalue weighted by Crippen LogP contribution is -2.17. The Morgan fingerprint density at radius 3 is 2.48 bits per heavy atom. The lowest BCUT2D eigenvalue weighted by Gasteiger charge is -2.15. The molecule has 0 bridgehead atoms. The molecule has 21 heavy (non-hydrogen) atoms. The summed E-state index contributed by atoms with van der Waals surface area (Å²) in [5.41, 5.74) is 10.7. The van der Waals surface area contributed by atoms with E-state index in [1.165, 1.54) is 22.1 Å². The van der Waals surface area contributed by atoms with Crippen molar-refractivity contribution in [1.29, 1.82) is 0 Å². The first-order chi connectivity index (χ1) is 10.2. The first kappa shape index (κ1) is 13.9. The molecule has 0 aliphatic rings. The molecule has 3 aromatic rings. The van der Waals surface area contributed by atoms with Crippen LogP contribution in [0.25, 0.3) is 11.0 Å². The lowest BCUT2D eigenvalue weighted by molar-refractivity contribution is 0.606. The van der Waals surface area contributed by atoms with E-state index in [9.17, 15) is 0 Å². The van der Waals surface area contributed by atoms with Gasteiger partial charge in [-0.2, -0.15) is 0 Å². The number of benzene rings is 2. The minimum atomic E-state index is 0.135. The molecule has 0 saturated heterocycles. The third-order valence-corrected chi connectivity index (χ3v) is 4.04. The Morgan fingerprint density at radius 2 is 1.76 bits per heavy atom. The second-order valence-corrected chi connectivity index (χ2v) is 5.79. The summed E-state index contributed by atoms with van der Waals surface area (Å²) in [5.74, 6) is 0.343. The van der Waals surface area contributed by atoms with Gasteiger partial charge in [0.2, 0.25) is 0 Å². The standard InChI is InChI=1S/C19H21NO/c1-13(20)12-16-8-9-17(18-10-11-21-19(16)18)14(2)15-6-4-3-5-7-15/h3-11,13-14H,12,20H2,1-2H3. The van der Waals surface area contributed by atoms with Gasteiger partial charge in [0.15, 0.2) is 0 Å². The van der Waals surface area contributed by atoms with Crippen LogP contribution < -0.4 is 5.73 Å². The topological polar surface area (TPSA) is 39.2 Å². The van der Waals surface area contributed by atoms with Crippen molar-refractivity contribution >= 4 is 11.0 Å². The first-order valence-electron chi connectivity index (χ1n) is 7.46. The molecule has 0 radical (unpaired) electrons. The zero-order valence-corrected chi connectivity index (χ0v) is 12.5. The highest BCUT2D eigenvalue weighted by Gasteiger charge is 2.15. The van der Waals surface area contributed by atoms with Crippen LogP contribution in [0, 0.1) is 0 Å². The number of fused-ring (bicyclic) bond motifs is 1. The van der Waals surface area contributed by atoms with Crippen LogP contribution in [-0.2, 0) is 6.42 Å². The van der Waals surface area contributed by atoms with Gasteiger partial charge < -0.3 is 10.2 Å². The van der Waals surface area contributed by atoms with Crippen molar-refractivity contribution in [2.24, 2.45) is 5.73 Å². The minimum absolute atomic E-state index is 0.135. The van der Waals surface area contributed by atoms with Crippen molar-refractivity contribution < 1.29 is 4.42 Å². The summed E-state index contributed by atoms with van der Waals surface area (Å²) in [4.78, 5) is 0. The van der Waals surface area contributed by atoms with Gasteiger partial charge in [-0.3, -0.25) is 0 Å². The monoisotopic (exact) mass is 279 g/mol. The average Bonchev–Trinajstić information content (AvgIpc) is 2.97. The Kier molecular flexibility index (Phi) is 3.80. The summed E-state index contributed by atoms with van der Waals surface area (Å²) in [5, 5.41) is 1.20. The molecule has 0 spiro atoms. The summed E-state index contributed by atoms with van der Waals surface area (Å²) in [6.45, 7) is 4.26. The molecule has 0 amide bonds. The number of hydrogen-bond donors (Lipinski definition) is 1. The Balaban J connectivity index is 2.06. The molecule has 2 unspecified atom stereocenters. The van der Waals surface area contributed by atoms with E-state index in [0.717, 1.165) is 12.0 Å². The Hall–Kier alpha value is -2.06. The number of hydrogen-bond acceptors (Lipinski definition) is 2. The van der Waals surface area contributed by atoms with Crippen LogP contribution in [0.15, 0.2) is 59.2 Å². The van der Waals surface area contributed by atoms with E-state index in [0.29, 0.717) is 5.92 Å². The lowest BCUT2D eigenvalue weighted by atomic mass is 9.89. The maximum absolute atomic E-state index is 5.93. The van der Waals surface area contributed by atoms with Crippen molar-refractivity contribution in [3.63, 3.8) is 0 Å². The number of nitrogens with two attached hydrogens (primary N) is 1. The summed E-state index contributed by atoms with van der Waals surface area (Å²) >= 11 is 0. The van der Waals surface area contributed by atoms with Crippen molar-refractivity contribution in [3.05, 3.63) is 71.5 Å². The molecule has 2 heteroatoms. The fourth-order valence-electron chi connectivity index (χ4n) is 2.95. The van der Waals surface area contributed by atoms with Gasteiger partial charge in [-0.25, -0.2) is 0 Å². The summed E-state index contributed by atoms with van der Waals surface area (Å²) in [6, 6.07) is 17.1. The maximum Gasteiger partial charge on any atom is 0.137 e. The van der Waals surface area contributed by atoms with Gasteiger partial charge in [0.05, 0.1) is 6.26 Å². The fraction of sp³-hybridized carbons (Fsp3) is 0.263. The van der Waals surface area contributed by atoms with E-state index in [4.69, 9.17) is 10.2 Å². The van der Waals surface area contributed by atoms with Gasteiger partial charge in [0, 0.05) is 17.3 Å². The zero-order valence-electron chi connectivity index (χ0n) is 12.5. The SMILES string of the molecule is CC(N)Cc1ccc(C(C)c2ccccc2)c2ccoc12. The molecular weight excluding hydrogens is 258 g/mol. The zero-order chi connectivity index (χ0) is 14.8. The highest BCUT2D eigenvalue weighted by molar-refractivity contribution is 5.85.